The van der Waals surface area contributed by atoms with Crippen LogP contribution >= 0.6 is 0 Å². The average molecular weight is 361 g/mol. The molecule has 1 heterocycles. The van der Waals surface area contributed by atoms with Gasteiger partial charge >= 0.3 is 5.97 Å². The molecule has 1 saturated carbocycles. The van der Waals surface area contributed by atoms with Gasteiger partial charge in [-0.2, -0.15) is 0 Å². The van der Waals surface area contributed by atoms with E-state index >= 15 is 0 Å². The third-order valence-electron chi connectivity index (χ3n) is 4.52. The lowest BCUT2D eigenvalue weighted by atomic mass is 10.0. The molecule has 1 aliphatic heterocycles. The van der Waals surface area contributed by atoms with Crippen molar-refractivity contribution in [3.63, 3.8) is 0 Å². The first-order chi connectivity index (χ1) is 12.5. The molecular formula is C19H24FN3O3. The van der Waals surface area contributed by atoms with Crippen LogP contribution in [-0.2, 0) is 9.53 Å². The highest BCUT2D eigenvalue weighted by atomic mass is 19.1. The fraction of sp³-hybridized carbons (Fsp3) is 0.474. The van der Waals surface area contributed by atoms with Crippen LogP contribution in [0.1, 0.15) is 30.1 Å². The molecule has 0 amide bonds. The zero-order valence-corrected chi connectivity index (χ0v) is 14.9. The van der Waals surface area contributed by atoms with Crippen molar-refractivity contribution >= 4 is 23.1 Å². The number of halogens is 1. The molecule has 1 aliphatic carbocycles. The molecule has 0 atom stereocenters. The first-order valence-corrected chi connectivity index (χ1v) is 8.97. The van der Waals surface area contributed by atoms with E-state index in [1.807, 2.05) is 4.90 Å². The van der Waals surface area contributed by atoms with Gasteiger partial charge in [-0.15, -0.1) is 0 Å². The van der Waals surface area contributed by atoms with Crippen LogP contribution < -0.4 is 15.5 Å². The summed E-state index contributed by atoms with van der Waals surface area (Å²) < 4.78 is 19.6. The highest BCUT2D eigenvalue weighted by Crippen LogP contribution is 2.33. The Bertz CT molecular complexity index is 725. The summed E-state index contributed by atoms with van der Waals surface area (Å²) in [7, 11) is 0. The van der Waals surface area contributed by atoms with Gasteiger partial charge < -0.3 is 20.3 Å². The number of carbonyl (C=O) groups is 2. The standard InChI is InChI=1S/C19H24FN3O3/c1-3-26-19(25)12(2)18(24)14-10-15(20)17(23-8-6-21-7-9-23)11-16(14)22-13-4-5-13/h10-11,13,21-22H,2-9H2,1H3. The van der Waals surface area contributed by atoms with Crippen molar-refractivity contribution in [1.29, 1.82) is 0 Å². The van der Waals surface area contributed by atoms with Gasteiger partial charge in [0.1, 0.15) is 11.4 Å². The summed E-state index contributed by atoms with van der Waals surface area (Å²) in [4.78, 5) is 26.5. The molecule has 7 heteroatoms. The molecule has 26 heavy (non-hydrogen) atoms. The Morgan fingerprint density at radius 1 is 1.35 bits per heavy atom. The molecule has 0 bridgehead atoms. The van der Waals surface area contributed by atoms with Gasteiger partial charge in [-0.1, -0.05) is 6.58 Å². The Balaban J connectivity index is 1.92. The van der Waals surface area contributed by atoms with Gasteiger partial charge in [-0.25, -0.2) is 9.18 Å². The van der Waals surface area contributed by atoms with Crippen molar-refractivity contribution in [2.24, 2.45) is 0 Å². The number of rotatable bonds is 7. The van der Waals surface area contributed by atoms with Crippen molar-refractivity contribution in [3.8, 4) is 0 Å². The molecule has 0 unspecified atom stereocenters. The summed E-state index contributed by atoms with van der Waals surface area (Å²) in [6.45, 7) is 8.29. The maximum absolute atomic E-state index is 14.8. The van der Waals surface area contributed by atoms with Crippen LogP contribution in [0.25, 0.3) is 0 Å². The van der Waals surface area contributed by atoms with E-state index < -0.39 is 17.6 Å². The Labute approximate surface area is 152 Å². The highest BCUT2D eigenvalue weighted by Gasteiger charge is 2.28. The van der Waals surface area contributed by atoms with E-state index in [0.29, 0.717) is 24.5 Å². The summed E-state index contributed by atoms with van der Waals surface area (Å²) in [5, 5.41) is 6.51. The Hall–Kier alpha value is -2.41. The van der Waals surface area contributed by atoms with E-state index in [1.165, 1.54) is 6.07 Å². The Kier molecular flexibility index (Phi) is 5.56. The molecule has 3 rings (SSSR count). The number of piperazine rings is 1. The van der Waals surface area contributed by atoms with Crippen LogP contribution in [0.5, 0.6) is 0 Å². The van der Waals surface area contributed by atoms with E-state index in [-0.39, 0.29) is 23.8 Å². The molecule has 2 N–H and O–H groups in total. The second-order valence-electron chi connectivity index (χ2n) is 6.53. The van der Waals surface area contributed by atoms with E-state index in [1.54, 1.807) is 13.0 Å². The van der Waals surface area contributed by atoms with Crippen molar-refractivity contribution in [1.82, 2.24) is 5.32 Å². The molecule has 0 spiro atoms. The van der Waals surface area contributed by atoms with E-state index in [0.717, 1.165) is 25.9 Å². The molecular weight excluding hydrogens is 337 g/mol. The third kappa shape index (κ3) is 4.04. The summed E-state index contributed by atoms with van der Waals surface area (Å²) in [6, 6.07) is 3.15. The summed E-state index contributed by atoms with van der Waals surface area (Å²) in [6.07, 6.45) is 2.01. The summed E-state index contributed by atoms with van der Waals surface area (Å²) >= 11 is 0. The van der Waals surface area contributed by atoms with E-state index in [4.69, 9.17) is 4.74 Å². The summed E-state index contributed by atoms with van der Waals surface area (Å²) in [5.74, 6) is -1.87. The lowest BCUT2D eigenvalue weighted by molar-refractivity contribution is -0.138. The van der Waals surface area contributed by atoms with E-state index in [2.05, 4.69) is 17.2 Å². The number of hydrogen-bond donors (Lipinski definition) is 2. The maximum Gasteiger partial charge on any atom is 0.341 e. The number of benzene rings is 1. The number of ether oxygens (including phenoxy) is 1. The van der Waals surface area contributed by atoms with Crippen LogP contribution in [0.3, 0.4) is 0 Å². The first kappa shape index (κ1) is 18.4. The second kappa shape index (κ2) is 7.86. The van der Waals surface area contributed by atoms with Crippen molar-refractivity contribution in [2.45, 2.75) is 25.8 Å². The zero-order chi connectivity index (χ0) is 18.7. The third-order valence-corrected chi connectivity index (χ3v) is 4.52. The van der Waals surface area contributed by atoms with Gasteiger partial charge in [0, 0.05) is 43.5 Å². The smallest absolute Gasteiger partial charge is 0.341 e. The van der Waals surface area contributed by atoms with Gasteiger partial charge in [-0.05, 0) is 31.9 Å². The number of carbonyl (C=O) groups excluding carboxylic acids is 2. The number of nitrogens with one attached hydrogen (secondary N) is 2. The number of ketones is 1. The van der Waals surface area contributed by atoms with Crippen LogP contribution in [-0.4, -0.2) is 50.6 Å². The molecule has 140 valence electrons. The normalized spacial score (nSPS) is 16.9. The molecule has 0 radical (unpaired) electrons. The van der Waals surface area contributed by atoms with Gasteiger partial charge in [0.2, 0.25) is 5.78 Å². The second-order valence-corrected chi connectivity index (χ2v) is 6.53. The predicted octanol–water partition coefficient (Wildman–Crippen LogP) is 2.11. The average Bonchev–Trinajstić information content (AvgIpc) is 3.46. The van der Waals surface area contributed by atoms with Crippen molar-refractivity contribution < 1.29 is 18.7 Å². The topological polar surface area (TPSA) is 70.7 Å². The van der Waals surface area contributed by atoms with Crippen molar-refractivity contribution in [2.75, 3.05) is 43.0 Å². The summed E-state index contributed by atoms with van der Waals surface area (Å²) in [5.41, 5.74) is 0.831. The van der Waals surface area contributed by atoms with Gasteiger partial charge in [0.15, 0.2) is 0 Å². The maximum atomic E-state index is 14.8. The van der Waals surface area contributed by atoms with Crippen LogP contribution in [0, 0.1) is 5.82 Å². The van der Waals surface area contributed by atoms with E-state index in [9.17, 15) is 14.0 Å². The lowest BCUT2D eigenvalue weighted by Crippen LogP contribution is -2.44. The fourth-order valence-electron chi connectivity index (χ4n) is 2.94. The van der Waals surface area contributed by atoms with Crippen LogP contribution in [0.2, 0.25) is 0 Å². The lowest BCUT2D eigenvalue weighted by Gasteiger charge is -2.30. The number of Topliss-reactive ketones (excluding diaryl/α,β-unsaturated/α-hetero) is 1. The molecule has 2 fully saturated rings. The highest BCUT2D eigenvalue weighted by molar-refractivity contribution is 6.25. The van der Waals surface area contributed by atoms with Gasteiger partial charge in [-0.3, -0.25) is 4.79 Å². The minimum atomic E-state index is -0.776. The fourth-order valence-corrected chi connectivity index (χ4v) is 2.94. The number of nitrogens with zero attached hydrogens (tertiary/aromatic N) is 1. The minimum absolute atomic E-state index is 0.117. The molecule has 0 aromatic heterocycles. The number of anilines is 2. The largest absolute Gasteiger partial charge is 0.462 e. The molecule has 1 aromatic carbocycles. The van der Waals surface area contributed by atoms with Crippen molar-refractivity contribution in [3.05, 3.63) is 35.7 Å². The molecule has 2 aliphatic rings. The molecule has 1 saturated heterocycles. The van der Waals surface area contributed by atoms with Crippen LogP contribution in [0.4, 0.5) is 15.8 Å². The SMILES string of the molecule is C=C(C(=O)OCC)C(=O)c1cc(F)c(N2CCNCC2)cc1NC1CC1. The van der Waals surface area contributed by atoms with Gasteiger partial charge in [0.25, 0.3) is 0 Å². The Morgan fingerprint density at radius 2 is 2.04 bits per heavy atom. The molecule has 1 aromatic rings. The minimum Gasteiger partial charge on any atom is -0.462 e. The number of esters is 1. The molecule has 6 nitrogen and oxygen atoms in total. The zero-order valence-electron chi connectivity index (χ0n) is 14.9. The monoisotopic (exact) mass is 361 g/mol. The Morgan fingerprint density at radius 3 is 2.65 bits per heavy atom. The first-order valence-electron chi connectivity index (χ1n) is 8.97. The predicted molar refractivity (Wildman–Crippen MR) is 98.2 cm³/mol. The van der Waals surface area contributed by atoms with Crippen LogP contribution in [0.15, 0.2) is 24.3 Å². The quantitative estimate of drug-likeness (QED) is 0.255. The van der Waals surface area contributed by atoms with Gasteiger partial charge in [0.05, 0.1) is 12.3 Å². The number of hydrogen-bond acceptors (Lipinski definition) is 6.